The first kappa shape index (κ1) is 12.5. The van der Waals surface area contributed by atoms with Crippen LogP contribution in [0.2, 0.25) is 0 Å². The van der Waals surface area contributed by atoms with E-state index in [0.717, 1.165) is 6.42 Å². The topological polar surface area (TPSA) is 64.4 Å². The van der Waals surface area contributed by atoms with Crippen molar-refractivity contribution in [2.24, 2.45) is 17.1 Å². The fourth-order valence-corrected chi connectivity index (χ4v) is 1.54. The van der Waals surface area contributed by atoms with Crippen molar-refractivity contribution in [2.75, 3.05) is 19.7 Å². The van der Waals surface area contributed by atoms with E-state index in [4.69, 9.17) is 10.5 Å². The summed E-state index contributed by atoms with van der Waals surface area (Å²) in [5, 5.41) is 2.94. The summed E-state index contributed by atoms with van der Waals surface area (Å²) in [7, 11) is 0. The molecule has 1 heterocycles. The predicted octanol–water partition coefficient (Wildman–Crippen LogP) is 0.513. The van der Waals surface area contributed by atoms with Crippen LogP contribution in [-0.4, -0.2) is 31.7 Å². The van der Waals surface area contributed by atoms with Crippen LogP contribution in [0.1, 0.15) is 27.2 Å². The summed E-state index contributed by atoms with van der Waals surface area (Å²) >= 11 is 0. The third-order valence-corrected chi connectivity index (χ3v) is 2.86. The third-order valence-electron chi connectivity index (χ3n) is 2.86. The van der Waals surface area contributed by atoms with E-state index in [1.54, 1.807) is 0 Å². The van der Waals surface area contributed by atoms with Gasteiger partial charge in [0.05, 0.1) is 18.6 Å². The Labute approximate surface area is 91.5 Å². The van der Waals surface area contributed by atoms with Gasteiger partial charge in [-0.15, -0.1) is 0 Å². The molecule has 0 aromatic heterocycles. The van der Waals surface area contributed by atoms with Gasteiger partial charge in [-0.25, -0.2) is 0 Å². The number of carbonyl (C=O) groups is 1. The van der Waals surface area contributed by atoms with Gasteiger partial charge in [0, 0.05) is 6.54 Å². The average molecular weight is 214 g/mol. The van der Waals surface area contributed by atoms with E-state index in [0.29, 0.717) is 19.7 Å². The number of hydrogen-bond donors (Lipinski definition) is 2. The van der Waals surface area contributed by atoms with E-state index in [-0.39, 0.29) is 23.3 Å². The van der Waals surface area contributed by atoms with Gasteiger partial charge in [-0.1, -0.05) is 13.8 Å². The first-order chi connectivity index (χ1) is 6.94. The smallest absolute Gasteiger partial charge is 0.225 e. The van der Waals surface area contributed by atoms with Crippen molar-refractivity contribution in [3.8, 4) is 0 Å². The number of ether oxygens (including phenoxy) is 1. The molecular formula is C11H22N2O2. The lowest BCUT2D eigenvalue weighted by atomic mass is 9.93. The zero-order valence-corrected chi connectivity index (χ0v) is 9.88. The zero-order chi connectivity index (χ0) is 11.5. The highest BCUT2D eigenvalue weighted by Gasteiger charge is 2.29. The molecule has 15 heavy (non-hydrogen) atoms. The maximum Gasteiger partial charge on any atom is 0.225 e. The molecule has 1 fully saturated rings. The van der Waals surface area contributed by atoms with Crippen LogP contribution in [-0.2, 0) is 9.53 Å². The fraction of sp³-hybridized carbons (Fsp3) is 0.909. The Bertz CT molecular complexity index is 229. The van der Waals surface area contributed by atoms with Crippen molar-refractivity contribution in [1.29, 1.82) is 0 Å². The predicted molar refractivity (Wildman–Crippen MR) is 59.4 cm³/mol. The summed E-state index contributed by atoms with van der Waals surface area (Å²) in [6.45, 7) is 7.84. The summed E-state index contributed by atoms with van der Waals surface area (Å²) in [4.78, 5) is 11.7. The van der Waals surface area contributed by atoms with E-state index in [1.807, 2.05) is 20.8 Å². The largest absolute Gasteiger partial charge is 0.378 e. The molecule has 2 unspecified atom stereocenters. The van der Waals surface area contributed by atoms with Gasteiger partial charge in [-0.2, -0.15) is 0 Å². The van der Waals surface area contributed by atoms with Crippen LogP contribution in [0.15, 0.2) is 0 Å². The van der Waals surface area contributed by atoms with E-state index < -0.39 is 0 Å². The monoisotopic (exact) mass is 214 g/mol. The van der Waals surface area contributed by atoms with Crippen LogP contribution in [0.3, 0.4) is 0 Å². The van der Waals surface area contributed by atoms with Crippen LogP contribution < -0.4 is 11.1 Å². The Balaban J connectivity index is 2.30. The Morgan fingerprint density at radius 1 is 1.60 bits per heavy atom. The van der Waals surface area contributed by atoms with Gasteiger partial charge in [0.2, 0.25) is 5.91 Å². The second-order valence-electron chi connectivity index (χ2n) is 5.16. The molecule has 1 amide bonds. The van der Waals surface area contributed by atoms with Crippen molar-refractivity contribution in [3.05, 3.63) is 0 Å². The highest BCUT2D eigenvalue weighted by Crippen LogP contribution is 2.19. The molecule has 0 aromatic carbocycles. The van der Waals surface area contributed by atoms with E-state index in [9.17, 15) is 4.79 Å². The standard InChI is InChI=1S/C11H22N2O2/c1-8-4-9(5-15-8)10(14)13-7-11(2,3)6-12/h8-9H,4-7,12H2,1-3H3,(H,13,14). The van der Waals surface area contributed by atoms with Crippen molar-refractivity contribution in [2.45, 2.75) is 33.3 Å². The molecule has 4 heteroatoms. The lowest BCUT2D eigenvalue weighted by molar-refractivity contribution is -0.125. The van der Waals surface area contributed by atoms with Crippen molar-refractivity contribution in [3.63, 3.8) is 0 Å². The van der Waals surface area contributed by atoms with Crippen molar-refractivity contribution in [1.82, 2.24) is 5.32 Å². The maximum atomic E-state index is 11.7. The average Bonchev–Trinajstić information content (AvgIpc) is 2.61. The maximum absolute atomic E-state index is 11.7. The molecule has 3 N–H and O–H groups in total. The molecule has 4 nitrogen and oxygen atoms in total. The minimum atomic E-state index is -0.0270. The Kier molecular flexibility index (Phi) is 4.11. The molecule has 0 aliphatic carbocycles. The zero-order valence-electron chi connectivity index (χ0n) is 9.88. The summed E-state index contributed by atoms with van der Waals surface area (Å²) < 4.78 is 5.36. The van der Waals surface area contributed by atoms with Crippen molar-refractivity contribution >= 4 is 5.91 Å². The number of hydrogen-bond acceptors (Lipinski definition) is 3. The molecule has 0 bridgehead atoms. The van der Waals surface area contributed by atoms with E-state index in [1.165, 1.54) is 0 Å². The molecule has 0 spiro atoms. The van der Waals surface area contributed by atoms with Crippen LogP contribution in [0.5, 0.6) is 0 Å². The second-order valence-corrected chi connectivity index (χ2v) is 5.16. The van der Waals surface area contributed by atoms with Crippen molar-refractivity contribution < 1.29 is 9.53 Å². The number of rotatable bonds is 4. The highest BCUT2D eigenvalue weighted by molar-refractivity contribution is 5.79. The molecule has 88 valence electrons. The Morgan fingerprint density at radius 3 is 2.73 bits per heavy atom. The lowest BCUT2D eigenvalue weighted by Crippen LogP contribution is -2.41. The Hall–Kier alpha value is -0.610. The minimum Gasteiger partial charge on any atom is -0.378 e. The van der Waals surface area contributed by atoms with Gasteiger partial charge in [0.1, 0.15) is 0 Å². The van der Waals surface area contributed by atoms with Gasteiger partial charge in [-0.3, -0.25) is 4.79 Å². The van der Waals surface area contributed by atoms with Gasteiger partial charge >= 0.3 is 0 Å². The molecule has 1 aliphatic rings. The SMILES string of the molecule is CC1CC(C(=O)NCC(C)(C)CN)CO1. The van der Waals surface area contributed by atoms with E-state index >= 15 is 0 Å². The molecule has 0 aromatic rings. The third kappa shape index (κ3) is 3.80. The molecule has 1 rings (SSSR count). The first-order valence-corrected chi connectivity index (χ1v) is 5.54. The lowest BCUT2D eigenvalue weighted by Gasteiger charge is -2.23. The van der Waals surface area contributed by atoms with Crippen LogP contribution in [0.4, 0.5) is 0 Å². The molecule has 1 saturated heterocycles. The van der Waals surface area contributed by atoms with Gasteiger partial charge in [0.25, 0.3) is 0 Å². The summed E-state index contributed by atoms with van der Waals surface area (Å²) in [6.07, 6.45) is 1.04. The van der Waals surface area contributed by atoms with Gasteiger partial charge in [0.15, 0.2) is 0 Å². The summed E-state index contributed by atoms with van der Waals surface area (Å²) in [5.74, 6) is 0.120. The molecule has 2 atom stereocenters. The summed E-state index contributed by atoms with van der Waals surface area (Å²) in [6, 6.07) is 0. The number of carbonyl (C=O) groups excluding carboxylic acids is 1. The van der Waals surface area contributed by atoms with Crippen LogP contribution in [0.25, 0.3) is 0 Å². The molecule has 0 radical (unpaired) electrons. The van der Waals surface area contributed by atoms with Gasteiger partial charge < -0.3 is 15.8 Å². The highest BCUT2D eigenvalue weighted by atomic mass is 16.5. The second kappa shape index (κ2) is 4.94. The number of nitrogens with one attached hydrogen (secondary N) is 1. The fourth-order valence-electron chi connectivity index (χ4n) is 1.54. The quantitative estimate of drug-likeness (QED) is 0.717. The Morgan fingerprint density at radius 2 is 2.27 bits per heavy atom. The molecular weight excluding hydrogens is 192 g/mol. The normalized spacial score (nSPS) is 26.7. The molecule has 1 aliphatic heterocycles. The first-order valence-electron chi connectivity index (χ1n) is 5.54. The number of amides is 1. The number of nitrogens with two attached hydrogens (primary N) is 1. The molecule has 0 saturated carbocycles. The minimum absolute atomic E-state index is 0.0218. The summed E-state index contributed by atoms with van der Waals surface area (Å²) in [5.41, 5.74) is 5.56. The van der Waals surface area contributed by atoms with E-state index in [2.05, 4.69) is 5.32 Å². The van der Waals surface area contributed by atoms with Gasteiger partial charge in [-0.05, 0) is 25.3 Å². The van der Waals surface area contributed by atoms with Crippen LogP contribution >= 0.6 is 0 Å². The van der Waals surface area contributed by atoms with Crippen LogP contribution in [0, 0.1) is 11.3 Å².